The van der Waals surface area contributed by atoms with Crippen molar-refractivity contribution < 1.29 is 4.79 Å². The van der Waals surface area contributed by atoms with E-state index in [-0.39, 0.29) is 11.2 Å². The first-order valence-electron chi connectivity index (χ1n) is 7.68. The third kappa shape index (κ3) is 3.70. The van der Waals surface area contributed by atoms with E-state index in [0.29, 0.717) is 17.0 Å². The van der Waals surface area contributed by atoms with Crippen LogP contribution in [0.15, 0.2) is 5.16 Å². The molecule has 1 saturated carbocycles. The summed E-state index contributed by atoms with van der Waals surface area (Å²) in [6, 6.07) is 0.400. The van der Waals surface area contributed by atoms with Gasteiger partial charge in [-0.1, -0.05) is 31.0 Å². The van der Waals surface area contributed by atoms with Gasteiger partial charge in [-0.15, -0.1) is 10.2 Å². The summed E-state index contributed by atoms with van der Waals surface area (Å²) in [5.41, 5.74) is 0. The standard InChI is InChI=1S/C14H25N5OS/c1-4-18(12-8-6-5-7-9-12)13(20)10(2)21-14-17-16-11(3)19(14)15/h10,12H,4-9,15H2,1-3H3/t10-/m1/s1. The van der Waals surface area contributed by atoms with Gasteiger partial charge in [-0.05, 0) is 33.6 Å². The highest BCUT2D eigenvalue weighted by molar-refractivity contribution is 8.00. The Balaban J connectivity index is 2.01. The van der Waals surface area contributed by atoms with Gasteiger partial charge in [0.2, 0.25) is 11.1 Å². The van der Waals surface area contributed by atoms with Gasteiger partial charge in [-0.2, -0.15) is 0 Å². The number of nitrogens with two attached hydrogens (primary N) is 1. The maximum atomic E-state index is 12.7. The molecule has 0 saturated heterocycles. The van der Waals surface area contributed by atoms with Crippen LogP contribution in [0.5, 0.6) is 0 Å². The Bertz CT molecular complexity index is 484. The molecule has 1 aromatic rings. The normalized spacial score (nSPS) is 17.7. The minimum Gasteiger partial charge on any atom is -0.339 e. The molecule has 7 heteroatoms. The van der Waals surface area contributed by atoms with Gasteiger partial charge < -0.3 is 10.7 Å². The van der Waals surface area contributed by atoms with Crippen LogP contribution in [0.1, 0.15) is 51.8 Å². The predicted octanol–water partition coefficient (Wildman–Crippen LogP) is 1.96. The minimum absolute atomic E-state index is 0.176. The number of thioether (sulfide) groups is 1. The number of rotatable bonds is 5. The van der Waals surface area contributed by atoms with Gasteiger partial charge in [0, 0.05) is 12.6 Å². The van der Waals surface area contributed by atoms with E-state index in [9.17, 15) is 4.79 Å². The van der Waals surface area contributed by atoms with Crippen molar-refractivity contribution in [3.05, 3.63) is 5.82 Å². The van der Waals surface area contributed by atoms with Crippen molar-refractivity contribution in [2.45, 2.75) is 69.3 Å². The first kappa shape index (κ1) is 16.1. The maximum Gasteiger partial charge on any atom is 0.236 e. The number of carbonyl (C=O) groups is 1. The van der Waals surface area contributed by atoms with Crippen molar-refractivity contribution in [3.63, 3.8) is 0 Å². The molecule has 0 unspecified atom stereocenters. The van der Waals surface area contributed by atoms with Gasteiger partial charge >= 0.3 is 0 Å². The zero-order chi connectivity index (χ0) is 15.4. The van der Waals surface area contributed by atoms with E-state index in [1.54, 1.807) is 6.92 Å². The van der Waals surface area contributed by atoms with Gasteiger partial charge in [0.15, 0.2) is 0 Å². The summed E-state index contributed by atoms with van der Waals surface area (Å²) in [6.07, 6.45) is 6.01. The van der Waals surface area contributed by atoms with Gasteiger partial charge in [0.1, 0.15) is 5.82 Å². The molecular weight excluding hydrogens is 286 g/mol. The largest absolute Gasteiger partial charge is 0.339 e. The summed E-state index contributed by atoms with van der Waals surface area (Å²) in [4.78, 5) is 14.7. The highest BCUT2D eigenvalue weighted by Gasteiger charge is 2.28. The summed E-state index contributed by atoms with van der Waals surface area (Å²) < 4.78 is 1.44. The van der Waals surface area contributed by atoms with E-state index in [1.165, 1.54) is 35.7 Å². The Hall–Kier alpha value is -1.24. The molecule has 1 amide bonds. The van der Waals surface area contributed by atoms with Gasteiger partial charge in [0.05, 0.1) is 5.25 Å². The Kier molecular flexibility index (Phi) is 5.50. The van der Waals surface area contributed by atoms with E-state index < -0.39 is 0 Å². The molecule has 6 nitrogen and oxygen atoms in total. The summed E-state index contributed by atoms with van der Waals surface area (Å²) in [5.74, 6) is 6.67. The van der Waals surface area contributed by atoms with Crippen molar-refractivity contribution in [3.8, 4) is 0 Å². The predicted molar refractivity (Wildman–Crippen MR) is 84.5 cm³/mol. The lowest BCUT2D eigenvalue weighted by Gasteiger charge is -2.35. The number of carbonyl (C=O) groups excluding carboxylic acids is 1. The molecule has 0 aliphatic heterocycles. The molecule has 2 N–H and O–H groups in total. The van der Waals surface area contributed by atoms with Crippen LogP contribution in [0.3, 0.4) is 0 Å². The number of nitrogen functional groups attached to an aromatic ring is 1. The molecule has 0 bridgehead atoms. The molecule has 0 aromatic carbocycles. The second kappa shape index (κ2) is 7.15. The average Bonchev–Trinajstić information content (AvgIpc) is 2.81. The molecule has 1 fully saturated rings. The molecule has 1 aromatic heterocycles. The number of nitrogens with zero attached hydrogens (tertiary/aromatic N) is 4. The lowest BCUT2D eigenvalue weighted by atomic mass is 9.94. The summed E-state index contributed by atoms with van der Waals surface area (Å²) in [5, 5.41) is 8.34. The van der Waals surface area contributed by atoms with Crippen LogP contribution in [0.4, 0.5) is 0 Å². The number of hydrogen-bond acceptors (Lipinski definition) is 5. The van der Waals surface area contributed by atoms with Crippen LogP contribution in [-0.2, 0) is 4.79 Å². The Labute approximate surface area is 130 Å². The van der Waals surface area contributed by atoms with E-state index in [1.807, 2.05) is 11.8 Å². The average molecular weight is 311 g/mol. The number of aromatic nitrogens is 3. The van der Waals surface area contributed by atoms with E-state index >= 15 is 0 Å². The number of amides is 1. The second-order valence-corrected chi connectivity index (χ2v) is 6.88. The maximum absolute atomic E-state index is 12.7. The smallest absolute Gasteiger partial charge is 0.236 e. The van der Waals surface area contributed by atoms with E-state index in [0.717, 1.165) is 19.4 Å². The molecule has 1 aliphatic rings. The molecule has 1 aliphatic carbocycles. The third-order valence-electron chi connectivity index (χ3n) is 4.10. The quantitative estimate of drug-likeness (QED) is 0.664. The lowest BCUT2D eigenvalue weighted by Crippen LogP contribution is -2.44. The summed E-state index contributed by atoms with van der Waals surface area (Å²) in [6.45, 7) is 6.54. The third-order valence-corrected chi connectivity index (χ3v) is 5.15. The first-order chi connectivity index (χ1) is 10.0. The van der Waals surface area contributed by atoms with Crippen molar-refractivity contribution >= 4 is 17.7 Å². The lowest BCUT2D eigenvalue weighted by molar-refractivity contribution is -0.133. The van der Waals surface area contributed by atoms with Crippen LogP contribution in [0.25, 0.3) is 0 Å². The van der Waals surface area contributed by atoms with Crippen LogP contribution in [0, 0.1) is 6.92 Å². The van der Waals surface area contributed by atoms with E-state index in [4.69, 9.17) is 5.84 Å². The van der Waals surface area contributed by atoms with Crippen LogP contribution >= 0.6 is 11.8 Å². The fourth-order valence-electron chi connectivity index (χ4n) is 2.86. The molecule has 1 heterocycles. The monoisotopic (exact) mass is 311 g/mol. The highest BCUT2D eigenvalue weighted by atomic mass is 32.2. The SMILES string of the molecule is CCN(C(=O)[C@@H](C)Sc1nnc(C)n1N)C1CCCCC1. The van der Waals surface area contributed by atoms with E-state index in [2.05, 4.69) is 17.1 Å². The number of hydrogen-bond donors (Lipinski definition) is 1. The van der Waals surface area contributed by atoms with Crippen molar-refractivity contribution in [2.24, 2.45) is 0 Å². The Morgan fingerprint density at radius 3 is 2.62 bits per heavy atom. The zero-order valence-electron chi connectivity index (χ0n) is 13.1. The Morgan fingerprint density at radius 2 is 2.10 bits per heavy atom. The molecule has 21 heavy (non-hydrogen) atoms. The summed E-state index contributed by atoms with van der Waals surface area (Å²) in [7, 11) is 0. The fraction of sp³-hybridized carbons (Fsp3) is 0.786. The molecule has 118 valence electrons. The van der Waals surface area contributed by atoms with Gasteiger partial charge in [0.25, 0.3) is 0 Å². The van der Waals surface area contributed by atoms with Crippen molar-refractivity contribution in [2.75, 3.05) is 12.4 Å². The van der Waals surface area contributed by atoms with Gasteiger partial charge in [-0.3, -0.25) is 4.79 Å². The van der Waals surface area contributed by atoms with Crippen LogP contribution in [0.2, 0.25) is 0 Å². The topological polar surface area (TPSA) is 77.0 Å². The molecule has 2 rings (SSSR count). The molecule has 0 spiro atoms. The minimum atomic E-state index is -0.197. The molecule has 0 radical (unpaired) electrons. The van der Waals surface area contributed by atoms with Crippen molar-refractivity contribution in [1.29, 1.82) is 0 Å². The van der Waals surface area contributed by atoms with Crippen LogP contribution < -0.4 is 5.84 Å². The number of aryl methyl sites for hydroxylation is 1. The molecule has 1 atom stereocenters. The summed E-state index contributed by atoms with van der Waals surface area (Å²) >= 11 is 1.38. The Morgan fingerprint density at radius 1 is 1.43 bits per heavy atom. The highest BCUT2D eigenvalue weighted by Crippen LogP contribution is 2.27. The van der Waals surface area contributed by atoms with Crippen molar-refractivity contribution in [1.82, 2.24) is 19.8 Å². The second-order valence-electron chi connectivity index (χ2n) is 5.58. The first-order valence-corrected chi connectivity index (χ1v) is 8.56. The zero-order valence-corrected chi connectivity index (χ0v) is 13.9. The molecular formula is C14H25N5OS. The fourth-order valence-corrected chi connectivity index (χ4v) is 3.75. The van der Waals surface area contributed by atoms with Gasteiger partial charge in [-0.25, -0.2) is 4.68 Å². The van der Waals surface area contributed by atoms with Crippen LogP contribution in [-0.4, -0.2) is 43.5 Å².